The van der Waals surface area contributed by atoms with Crippen molar-refractivity contribution in [2.75, 3.05) is 0 Å². The normalized spacial score (nSPS) is 17.0. The molecule has 0 bridgehead atoms. The van der Waals surface area contributed by atoms with Gasteiger partial charge in [-0.15, -0.1) is 11.6 Å². The molecule has 0 radical (unpaired) electrons. The molecule has 0 spiro atoms. The summed E-state index contributed by atoms with van der Waals surface area (Å²) in [4.78, 5) is 0. The molecule has 3 unspecified atom stereocenters. The van der Waals surface area contributed by atoms with Crippen molar-refractivity contribution in [1.82, 2.24) is 0 Å². The lowest BCUT2D eigenvalue weighted by Crippen LogP contribution is -2.37. The fraction of sp³-hybridized carbons (Fsp3) is 1.00. The minimum Gasteiger partial charge on any atom is -0.390 e. The molecule has 23 heavy (non-hydrogen) atoms. The number of hydrogen-bond acceptors (Lipinski definition) is 1. The van der Waals surface area contributed by atoms with E-state index in [0.717, 1.165) is 12.8 Å². The first-order chi connectivity index (χ1) is 10.9. The van der Waals surface area contributed by atoms with Crippen LogP contribution in [0.5, 0.6) is 0 Å². The van der Waals surface area contributed by atoms with Crippen LogP contribution in [-0.2, 0) is 0 Å². The number of unbranched alkanes of at least 4 members (excludes halogenated alkanes) is 12. The van der Waals surface area contributed by atoms with Crippen molar-refractivity contribution < 1.29 is 5.11 Å². The molecule has 0 rings (SSSR count). The Morgan fingerprint density at radius 2 is 1.09 bits per heavy atom. The second-order valence-electron chi connectivity index (χ2n) is 7.82. The van der Waals surface area contributed by atoms with Crippen molar-refractivity contribution in [3.8, 4) is 0 Å². The molecule has 2 heteroatoms. The Morgan fingerprint density at radius 3 is 1.43 bits per heavy atom. The highest BCUT2D eigenvalue weighted by atomic mass is 35.5. The highest BCUT2D eigenvalue weighted by Gasteiger charge is 2.30. The monoisotopic (exact) mass is 346 g/mol. The summed E-state index contributed by atoms with van der Waals surface area (Å²) < 4.78 is 0. The minimum atomic E-state index is -0.612. The molecule has 3 atom stereocenters. The first-order valence-electron chi connectivity index (χ1n) is 10.3. The average Bonchev–Trinajstić information content (AvgIpc) is 2.50. The molecule has 0 aliphatic heterocycles. The van der Waals surface area contributed by atoms with Crippen molar-refractivity contribution >= 4 is 11.6 Å². The minimum absolute atomic E-state index is 0.0342. The van der Waals surface area contributed by atoms with Crippen molar-refractivity contribution in [2.24, 2.45) is 5.92 Å². The van der Waals surface area contributed by atoms with Gasteiger partial charge in [0.1, 0.15) is 0 Å². The van der Waals surface area contributed by atoms with Crippen LogP contribution in [0, 0.1) is 5.92 Å². The lowest BCUT2D eigenvalue weighted by Gasteiger charge is -2.32. The highest BCUT2D eigenvalue weighted by molar-refractivity contribution is 6.20. The molecule has 0 aliphatic rings. The molecule has 0 fully saturated rings. The molecular formula is C21H43ClO. The molecule has 0 saturated heterocycles. The summed E-state index contributed by atoms with van der Waals surface area (Å²) >= 11 is 6.11. The Morgan fingerprint density at radius 1 is 0.739 bits per heavy atom. The summed E-state index contributed by atoms with van der Waals surface area (Å²) in [6.07, 6.45) is 18.6. The van der Waals surface area contributed by atoms with E-state index < -0.39 is 5.60 Å². The first kappa shape index (κ1) is 23.2. The highest BCUT2D eigenvalue weighted by Crippen LogP contribution is 2.28. The molecule has 0 amide bonds. The summed E-state index contributed by atoms with van der Waals surface area (Å²) in [7, 11) is 0. The summed E-state index contributed by atoms with van der Waals surface area (Å²) in [5.74, 6) is 0.154. The molecule has 0 aliphatic carbocycles. The largest absolute Gasteiger partial charge is 0.390 e. The Labute approximate surface area is 151 Å². The SMILES string of the molecule is CCCCCCCCCCCCCCCC(C)(O)C(C)C(C)Cl. The Balaban J connectivity index is 3.34. The van der Waals surface area contributed by atoms with Gasteiger partial charge in [0.25, 0.3) is 0 Å². The predicted octanol–water partition coefficient (Wildman–Crippen LogP) is 7.48. The standard InChI is InChI=1S/C21H43ClO/c1-5-6-7-8-9-10-11-12-13-14-15-16-17-18-21(4,23)19(2)20(3)22/h19-20,23H,5-18H2,1-4H3. The van der Waals surface area contributed by atoms with Crippen LogP contribution in [0.2, 0.25) is 0 Å². The molecule has 0 aromatic heterocycles. The zero-order valence-corrected chi connectivity index (χ0v) is 17.1. The van der Waals surface area contributed by atoms with Crippen LogP contribution in [0.3, 0.4) is 0 Å². The molecule has 1 nitrogen and oxygen atoms in total. The van der Waals surface area contributed by atoms with E-state index in [2.05, 4.69) is 13.8 Å². The quantitative estimate of drug-likeness (QED) is 0.227. The topological polar surface area (TPSA) is 20.2 Å². The van der Waals surface area contributed by atoms with E-state index in [1.54, 1.807) is 0 Å². The fourth-order valence-electron chi connectivity index (χ4n) is 3.22. The van der Waals surface area contributed by atoms with Gasteiger partial charge in [-0.25, -0.2) is 0 Å². The Hall–Kier alpha value is 0.250. The average molecular weight is 347 g/mol. The molecule has 0 aromatic carbocycles. The van der Waals surface area contributed by atoms with Crippen LogP contribution in [-0.4, -0.2) is 16.1 Å². The Bertz CT molecular complexity index is 250. The van der Waals surface area contributed by atoms with Crippen LogP contribution in [0.25, 0.3) is 0 Å². The maximum atomic E-state index is 10.4. The van der Waals surface area contributed by atoms with Crippen molar-refractivity contribution in [3.63, 3.8) is 0 Å². The van der Waals surface area contributed by atoms with Crippen LogP contribution in [0.1, 0.15) is 118 Å². The summed E-state index contributed by atoms with van der Waals surface area (Å²) in [5.41, 5.74) is -0.612. The van der Waals surface area contributed by atoms with E-state index in [0.29, 0.717) is 0 Å². The van der Waals surface area contributed by atoms with Crippen molar-refractivity contribution in [2.45, 2.75) is 129 Å². The molecular weight excluding hydrogens is 304 g/mol. The predicted molar refractivity (Wildman–Crippen MR) is 105 cm³/mol. The number of aliphatic hydroxyl groups is 1. The molecule has 140 valence electrons. The van der Waals surface area contributed by atoms with Crippen LogP contribution in [0.4, 0.5) is 0 Å². The van der Waals surface area contributed by atoms with Gasteiger partial charge >= 0.3 is 0 Å². The molecule has 1 N–H and O–H groups in total. The number of alkyl halides is 1. The number of rotatable bonds is 16. The second kappa shape index (κ2) is 14.6. The smallest absolute Gasteiger partial charge is 0.0659 e. The van der Waals surface area contributed by atoms with Gasteiger partial charge in [0.2, 0.25) is 0 Å². The van der Waals surface area contributed by atoms with Gasteiger partial charge in [0.05, 0.1) is 5.60 Å². The fourth-order valence-corrected chi connectivity index (χ4v) is 3.49. The van der Waals surface area contributed by atoms with Gasteiger partial charge in [0.15, 0.2) is 0 Å². The van der Waals surface area contributed by atoms with E-state index in [9.17, 15) is 5.11 Å². The maximum Gasteiger partial charge on any atom is 0.0659 e. The van der Waals surface area contributed by atoms with Crippen molar-refractivity contribution in [3.05, 3.63) is 0 Å². The third-order valence-electron chi connectivity index (χ3n) is 5.46. The van der Waals surface area contributed by atoms with E-state index >= 15 is 0 Å². The lowest BCUT2D eigenvalue weighted by molar-refractivity contribution is -0.00385. The van der Waals surface area contributed by atoms with Crippen LogP contribution >= 0.6 is 11.6 Å². The number of halogens is 1. The maximum absolute atomic E-state index is 10.4. The van der Waals surface area contributed by atoms with Gasteiger partial charge in [-0.2, -0.15) is 0 Å². The summed E-state index contributed by atoms with van der Waals surface area (Å²) in [5, 5.41) is 10.5. The van der Waals surface area contributed by atoms with E-state index in [1.807, 2.05) is 13.8 Å². The van der Waals surface area contributed by atoms with E-state index in [1.165, 1.54) is 77.0 Å². The second-order valence-corrected chi connectivity index (χ2v) is 8.50. The molecule has 0 heterocycles. The zero-order valence-electron chi connectivity index (χ0n) is 16.4. The molecule has 0 aromatic rings. The first-order valence-corrected chi connectivity index (χ1v) is 10.7. The summed E-state index contributed by atoms with van der Waals surface area (Å²) in [6, 6.07) is 0. The van der Waals surface area contributed by atoms with Gasteiger partial charge in [-0.1, -0.05) is 97.3 Å². The van der Waals surface area contributed by atoms with Gasteiger partial charge in [-0.05, 0) is 20.3 Å². The van der Waals surface area contributed by atoms with E-state index in [4.69, 9.17) is 11.6 Å². The van der Waals surface area contributed by atoms with Gasteiger partial charge < -0.3 is 5.11 Å². The van der Waals surface area contributed by atoms with Gasteiger partial charge in [-0.3, -0.25) is 0 Å². The zero-order chi connectivity index (χ0) is 17.6. The lowest BCUT2D eigenvalue weighted by atomic mass is 9.84. The van der Waals surface area contributed by atoms with Crippen LogP contribution < -0.4 is 0 Å². The van der Waals surface area contributed by atoms with Gasteiger partial charge in [0, 0.05) is 11.3 Å². The Kier molecular flexibility index (Phi) is 14.7. The van der Waals surface area contributed by atoms with E-state index in [-0.39, 0.29) is 11.3 Å². The third kappa shape index (κ3) is 13.2. The molecule has 0 saturated carbocycles. The summed E-state index contributed by atoms with van der Waals surface area (Å²) in [6.45, 7) is 8.25. The van der Waals surface area contributed by atoms with Crippen molar-refractivity contribution in [1.29, 1.82) is 0 Å². The number of hydrogen-bond donors (Lipinski definition) is 1. The van der Waals surface area contributed by atoms with Crippen LogP contribution in [0.15, 0.2) is 0 Å². The third-order valence-corrected chi connectivity index (χ3v) is 5.83.